The van der Waals surface area contributed by atoms with Gasteiger partial charge < -0.3 is 32.5 Å². The fourth-order valence-corrected chi connectivity index (χ4v) is 0. The van der Waals surface area contributed by atoms with E-state index in [1.165, 1.54) is 20.8 Å². The smallest absolute Gasteiger partial charge is 0.652 e. The van der Waals surface area contributed by atoms with Gasteiger partial charge in [0.05, 0.1) is 0 Å². The van der Waals surface area contributed by atoms with Crippen LogP contribution in [0.25, 0.3) is 17.2 Å². The number of aliphatic hydroxyl groups excluding tert-OH is 3. The molecule has 79 valence electrons. The van der Waals surface area contributed by atoms with Crippen molar-refractivity contribution in [3.63, 3.8) is 0 Å². The summed E-state index contributed by atoms with van der Waals surface area (Å²) in [6, 6.07) is 0. The zero-order valence-corrected chi connectivity index (χ0v) is 9.64. The van der Waals surface area contributed by atoms with Gasteiger partial charge in [-0.15, -0.1) is 0 Å². The Balaban J connectivity index is -0.0000000450. The first-order valence-electron chi connectivity index (χ1n) is 3.37. The molecule has 0 bridgehead atoms. The fraction of sp³-hybridized carbons (Fsp3) is 1.00. The van der Waals surface area contributed by atoms with Crippen molar-refractivity contribution in [2.45, 2.75) is 39.5 Å². The molecule has 0 rings (SSSR count). The molecule has 0 aliphatic rings. The molecule has 6 nitrogen and oxygen atoms in total. The third kappa shape index (κ3) is 6080. The molecule has 3 unspecified atom stereocenters. The predicted molar refractivity (Wildman–Crippen MR) is 48.0 cm³/mol. The number of aliphatic hydroxyl groups is 3. The Morgan fingerprint density at radius 3 is 0.692 bits per heavy atom. The number of hydrogen-bond donors (Lipinski definition) is 3. The minimum atomic E-state index is -0.917. The summed E-state index contributed by atoms with van der Waals surface area (Å²) in [4.78, 5) is 0. The quantitative estimate of drug-likeness (QED) is 0.536. The second-order valence-corrected chi connectivity index (χ2v) is 2.03. The SMILES string of the molecule is CC([NH-])O.CC([NH-])O.CC([NH-])O.[Ti+3]. The van der Waals surface area contributed by atoms with Crippen LogP contribution in [0.2, 0.25) is 0 Å². The first-order chi connectivity index (χ1) is 5.20. The van der Waals surface area contributed by atoms with E-state index < -0.39 is 18.7 Å². The topological polar surface area (TPSA) is 132 Å². The molecule has 0 aromatic heterocycles. The van der Waals surface area contributed by atoms with Crippen LogP contribution in [0.1, 0.15) is 20.8 Å². The van der Waals surface area contributed by atoms with Crippen molar-refractivity contribution in [1.82, 2.24) is 0 Å². The van der Waals surface area contributed by atoms with E-state index in [1.54, 1.807) is 0 Å². The van der Waals surface area contributed by atoms with Gasteiger partial charge in [0.1, 0.15) is 0 Å². The molecular weight excluding hydrogens is 210 g/mol. The van der Waals surface area contributed by atoms with E-state index in [2.05, 4.69) is 0 Å². The molecule has 0 aliphatic heterocycles. The Bertz CT molecular complexity index is 51.6. The Hall–Kier alpha value is 0.474. The number of hydrogen-bond acceptors (Lipinski definition) is 3. The van der Waals surface area contributed by atoms with Crippen molar-refractivity contribution < 1.29 is 37.0 Å². The molecule has 13 heavy (non-hydrogen) atoms. The molecule has 0 aromatic carbocycles. The summed E-state index contributed by atoms with van der Waals surface area (Å²) in [6.45, 7) is 4.17. The molecule has 0 saturated carbocycles. The van der Waals surface area contributed by atoms with Gasteiger partial charge in [-0.2, -0.15) is 0 Å². The minimum absolute atomic E-state index is 0. The van der Waals surface area contributed by atoms with E-state index in [-0.39, 0.29) is 21.7 Å². The maximum Gasteiger partial charge on any atom is 3.00 e. The van der Waals surface area contributed by atoms with E-state index in [0.29, 0.717) is 0 Å². The molecule has 6 N–H and O–H groups in total. The van der Waals surface area contributed by atoms with Crippen molar-refractivity contribution in [2.24, 2.45) is 0 Å². The maximum absolute atomic E-state index is 7.72. The summed E-state index contributed by atoms with van der Waals surface area (Å²) in [5, 5.41) is 23.2. The Morgan fingerprint density at radius 1 is 0.692 bits per heavy atom. The van der Waals surface area contributed by atoms with Gasteiger partial charge in [0.25, 0.3) is 0 Å². The van der Waals surface area contributed by atoms with Gasteiger partial charge in [-0.25, -0.2) is 0 Å². The molecule has 0 spiro atoms. The summed E-state index contributed by atoms with van der Waals surface area (Å²) < 4.78 is 0. The summed E-state index contributed by atoms with van der Waals surface area (Å²) in [5.74, 6) is 0. The third-order valence-corrected chi connectivity index (χ3v) is 0. The van der Waals surface area contributed by atoms with Crippen LogP contribution in [0.15, 0.2) is 0 Å². The molecule has 0 fully saturated rings. The second kappa shape index (κ2) is 18.3. The van der Waals surface area contributed by atoms with Crippen LogP contribution in [-0.2, 0) is 21.7 Å². The van der Waals surface area contributed by atoms with Gasteiger partial charge in [-0.3, -0.25) is 0 Å². The second-order valence-electron chi connectivity index (χ2n) is 2.03. The zero-order valence-electron chi connectivity index (χ0n) is 8.07. The summed E-state index contributed by atoms with van der Waals surface area (Å²) in [7, 11) is 0. The Kier molecular flexibility index (Phi) is 32.9. The molecule has 0 aliphatic carbocycles. The van der Waals surface area contributed by atoms with E-state index in [4.69, 9.17) is 32.5 Å². The molecular formula is C6H18N3O3Ti. The van der Waals surface area contributed by atoms with Gasteiger partial charge in [0.15, 0.2) is 0 Å². The third-order valence-electron chi connectivity index (χ3n) is 0. The molecule has 0 saturated heterocycles. The minimum Gasteiger partial charge on any atom is -0.652 e. The zero-order chi connectivity index (χ0) is 10.7. The van der Waals surface area contributed by atoms with Crippen molar-refractivity contribution in [2.75, 3.05) is 0 Å². The van der Waals surface area contributed by atoms with Crippen LogP contribution in [0.5, 0.6) is 0 Å². The van der Waals surface area contributed by atoms with Crippen LogP contribution >= 0.6 is 0 Å². The fourth-order valence-electron chi connectivity index (χ4n) is 0. The first kappa shape index (κ1) is 23.4. The van der Waals surface area contributed by atoms with Gasteiger partial charge in [0, 0.05) is 0 Å². The van der Waals surface area contributed by atoms with E-state index in [1.807, 2.05) is 0 Å². The van der Waals surface area contributed by atoms with E-state index in [9.17, 15) is 0 Å². The van der Waals surface area contributed by atoms with Gasteiger partial charge in [-0.05, 0) is 18.7 Å². The molecule has 0 aromatic rings. The summed E-state index contributed by atoms with van der Waals surface area (Å²) >= 11 is 0. The van der Waals surface area contributed by atoms with E-state index >= 15 is 0 Å². The normalized spacial score (nSPS) is 14.5. The van der Waals surface area contributed by atoms with Gasteiger partial charge in [-0.1, -0.05) is 20.8 Å². The number of rotatable bonds is 0. The molecule has 3 atom stereocenters. The summed E-state index contributed by atoms with van der Waals surface area (Å²) in [6.07, 6.45) is -2.75. The van der Waals surface area contributed by atoms with Gasteiger partial charge in [0.2, 0.25) is 0 Å². The van der Waals surface area contributed by atoms with Crippen molar-refractivity contribution in [1.29, 1.82) is 0 Å². The monoisotopic (exact) mass is 228 g/mol. The first-order valence-corrected chi connectivity index (χ1v) is 3.37. The Morgan fingerprint density at radius 2 is 0.692 bits per heavy atom. The van der Waals surface area contributed by atoms with Crippen LogP contribution in [0, 0.1) is 0 Å². The molecule has 0 heterocycles. The van der Waals surface area contributed by atoms with Crippen LogP contribution < -0.4 is 0 Å². The van der Waals surface area contributed by atoms with Crippen LogP contribution in [0.4, 0.5) is 0 Å². The predicted octanol–water partition coefficient (Wildman–Crippen LogP) is 1.13. The van der Waals surface area contributed by atoms with Gasteiger partial charge >= 0.3 is 21.7 Å². The maximum atomic E-state index is 7.72. The molecule has 7 heteroatoms. The molecule has 1 radical (unpaired) electrons. The van der Waals surface area contributed by atoms with Crippen molar-refractivity contribution >= 4 is 0 Å². The largest absolute Gasteiger partial charge is 3.00 e. The number of nitrogens with one attached hydrogen (secondary N) is 3. The standard InChI is InChI=1S/3C2H6NO.Ti/c3*1-2(3)4;/h3*2-4H,1H3;/q3*-1;+3. The van der Waals surface area contributed by atoms with Crippen LogP contribution in [0.3, 0.4) is 0 Å². The average molecular weight is 228 g/mol. The summed E-state index contributed by atoms with van der Waals surface area (Å²) in [5.41, 5.74) is 18.4. The Labute approximate surface area is 94.0 Å². The van der Waals surface area contributed by atoms with E-state index in [0.717, 1.165) is 0 Å². The van der Waals surface area contributed by atoms with Crippen LogP contribution in [-0.4, -0.2) is 34.0 Å². The molecule has 0 amide bonds. The van der Waals surface area contributed by atoms with Crippen molar-refractivity contribution in [3.05, 3.63) is 17.2 Å². The van der Waals surface area contributed by atoms with Crippen molar-refractivity contribution in [3.8, 4) is 0 Å². The average Bonchev–Trinajstić information content (AvgIpc) is 1.54.